The standard InChI is InChI=1S/C19H17F2NO4/c20-19(21)26-16-10-4-2-8-14(16)18(24)25-12-17(23)22-11-5-7-13-6-1-3-9-15(13)22/h1-4,6,8-10,19H,5,7,11-12H2. The molecule has 0 spiro atoms. The predicted octanol–water partition coefficient (Wildman–Crippen LogP) is 3.42. The lowest BCUT2D eigenvalue weighted by Gasteiger charge is -2.29. The van der Waals surface area contributed by atoms with Crippen LogP contribution in [0.5, 0.6) is 5.75 Å². The van der Waals surface area contributed by atoms with Crippen LogP contribution >= 0.6 is 0 Å². The van der Waals surface area contributed by atoms with Crippen LogP contribution in [0.4, 0.5) is 14.5 Å². The minimum absolute atomic E-state index is 0.153. The zero-order valence-corrected chi connectivity index (χ0v) is 13.9. The van der Waals surface area contributed by atoms with Crippen LogP contribution in [0.15, 0.2) is 48.5 Å². The lowest BCUT2D eigenvalue weighted by atomic mass is 10.0. The maximum Gasteiger partial charge on any atom is 0.387 e. The van der Waals surface area contributed by atoms with Crippen LogP contribution in [0.25, 0.3) is 0 Å². The second-order valence-electron chi connectivity index (χ2n) is 5.73. The van der Waals surface area contributed by atoms with Gasteiger partial charge in [0.05, 0.1) is 0 Å². The number of aryl methyl sites for hydroxylation is 1. The first-order valence-electron chi connectivity index (χ1n) is 8.15. The van der Waals surface area contributed by atoms with Crippen molar-refractivity contribution in [2.75, 3.05) is 18.1 Å². The van der Waals surface area contributed by atoms with Gasteiger partial charge >= 0.3 is 12.6 Å². The summed E-state index contributed by atoms with van der Waals surface area (Å²) in [7, 11) is 0. The number of rotatable bonds is 5. The number of anilines is 1. The number of nitrogens with zero attached hydrogens (tertiary/aromatic N) is 1. The smallest absolute Gasteiger partial charge is 0.387 e. The van der Waals surface area contributed by atoms with E-state index in [-0.39, 0.29) is 17.2 Å². The SMILES string of the molecule is O=C(OCC(=O)N1CCCc2ccccc21)c1ccccc1OC(F)F. The number of esters is 1. The summed E-state index contributed by atoms with van der Waals surface area (Å²) in [6, 6.07) is 13.1. The van der Waals surface area contributed by atoms with Crippen molar-refractivity contribution < 1.29 is 27.8 Å². The molecule has 136 valence electrons. The molecule has 0 saturated carbocycles. The molecular formula is C19H17F2NO4. The Labute approximate surface area is 149 Å². The maximum absolute atomic E-state index is 12.5. The maximum atomic E-state index is 12.5. The molecule has 0 aliphatic carbocycles. The van der Waals surface area contributed by atoms with E-state index in [4.69, 9.17) is 4.74 Å². The molecule has 0 saturated heterocycles. The highest BCUT2D eigenvalue weighted by molar-refractivity contribution is 5.98. The van der Waals surface area contributed by atoms with E-state index in [1.165, 1.54) is 24.3 Å². The highest BCUT2D eigenvalue weighted by Gasteiger charge is 2.24. The van der Waals surface area contributed by atoms with Crippen molar-refractivity contribution in [2.45, 2.75) is 19.5 Å². The highest BCUT2D eigenvalue weighted by atomic mass is 19.3. The molecule has 0 radical (unpaired) electrons. The summed E-state index contributed by atoms with van der Waals surface area (Å²) >= 11 is 0. The quantitative estimate of drug-likeness (QED) is 0.766. The third-order valence-electron chi connectivity index (χ3n) is 4.06. The summed E-state index contributed by atoms with van der Waals surface area (Å²) in [4.78, 5) is 26.2. The summed E-state index contributed by atoms with van der Waals surface area (Å²) < 4.78 is 34.2. The number of para-hydroxylation sites is 2. The molecule has 26 heavy (non-hydrogen) atoms. The van der Waals surface area contributed by atoms with Crippen molar-refractivity contribution in [2.24, 2.45) is 0 Å². The van der Waals surface area contributed by atoms with Crippen LogP contribution in [0.3, 0.4) is 0 Å². The molecule has 0 atom stereocenters. The Morgan fingerprint density at radius 3 is 2.62 bits per heavy atom. The summed E-state index contributed by atoms with van der Waals surface area (Å²) in [6.07, 6.45) is 1.71. The van der Waals surface area contributed by atoms with E-state index in [9.17, 15) is 18.4 Å². The van der Waals surface area contributed by atoms with Crippen LogP contribution in [0.2, 0.25) is 0 Å². The minimum Gasteiger partial charge on any atom is -0.452 e. The van der Waals surface area contributed by atoms with E-state index >= 15 is 0 Å². The monoisotopic (exact) mass is 361 g/mol. The van der Waals surface area contributed by atoms with Crippen LogP contribution in [0.1, 0.15) is 22.3 Å². The Morgan fingerprint density at radius 1 is 1.08 bits per heavy atom. The lowest BCUT2D eigenvalue weighted by molar-refractivity contribution is -0.121. The van der Waals surface area contributed by atoms with Gasteiger partial charge in [-0.05, 0) is 36.6 Å². The molecule has 1 aliphatic heterocycles. The average molecular weight is 361 g/mol. The number of carbonyl (C=O) groups is 2. The molecule has 3 rings (SSSR count). The first-order valence-corrected chi connectivity index (χ1v) is 8.15. The van der Waals surface area contributed by atoms with Crippen molar-refractivity contribution in [1.82, 2.24) is 0 Å². The van der Waals surface area contributed by atoms with Gasteiger partial charge in [-0.3, -0.25) is 4.79 Å². The van der Waals surface area contributed by atoms with E-state index in [1.807, 2.05) is 24.3 Å². The first-order chi connectivity index (χ1) is 12.6. The van der Waals surface area contributed by atoms with Crippen LogP contribution in [-0.4, -0.2) is 31.6 Å². The Kier molecular flexibility index (Phi) is 5.46. The van der Waals surface area contributed by atoms with Crippen molar-refractivity contribution in [3.8, 4) is 5.75 Å². The third kappa shape index (κ3) is 3.99. The summed E-state index contributed by atoms with van der Waals surface area (Å²) in [6.45, 7) is -3.00. The largest absolute Gasteiger partial charge is 0.452 e. The number of carbonyl (C=O) groups excluding carboxylic acids is 2. The number of benzene rings is 2. The number of amides is 1. The number of ether oxygens (including phenoxy) is 2. The Morgan fingerprint density at radius 2 is 1.81 bits per heavy atom. The number of halogens is 2. The zero-order chi connectivity index (χ0) is 18.5. The fourth-order valence-electron chi connectivity index (χ4n) is 2.91. The summed E-state index contributed by atoms with van der Waals surface area (Å²) in [5.74, 6) is -1.54. The molecular weight excluding hydrogens is 344 g/mol. The third-order valence-corrected chi connectivity index (χ3v) is 4.06. The summed E-state index contributed by atoms with van der Waals surface area (Å²) in [5, 5.41) is 0. The van der Waals surface area contributed by atoms with Gasteiger partial charge in [-0.15, -0.1) is 0 Å². The number of fused-ring (bicyclic) bond motifs is 1. The van der Waals surface area contributed by atoms with E-state index in [2.05, 4.69) is 4.74 Å². The number of alkyl halides is 2. The minimum atomic E-state index is -3.06. The van der Waals surface area contributed by atoms with E-state index in [0.29, 0.717) is 6.54 Å². The Bertz CT molecular complexity index is 810. The second-order valence-corrected chi connectivity index (χ2v) is 5.73. The molecule has 0 aromatic heterocycles. The zero-order valence-electron chi connectivity index (χ0n) is 13.9. The van der Waals surface area contributed by atoms with Crippen molar-refractivity contribution >= 4 is 17.6 Å². The van der Waals surface area contributed by atoms with Gasteiger partial charge in [0, 0.05) is 12.2 Å². The Hall–Kier alpha value is -2.96. The first kappa shape index (κ1) is 17.8. The molecule has 5 nitrogen and oxygen atoms in total. The molecule has 0 N–H and O–H groups in total. The number of hydrogen-bond donors (Lipinski definition) is 0. The van der Waals surface area contributed by atoms with Gasteiger partial charge in [-0.2, -0.15) is 8.78 Å². The molecule has 0 bridgehead atoms. The van der Waals surface area contributed by atoms with Crippen LogP contribution in [0, 0.1) is 0 Å². The molecule has 1 heterocycles. The fraction of sp³-hybridized carbons (Fsp3) is 0.263. The van der Waals surface area contributed by atoms with Gasteiger partial charge in [0.25, 0.3) is 5.91 Å². The molecule has 0 unspecified atom stereocenters. The Balaban J connectivity index is 1.67. The predicted molar refractivity (Wildman–Crippen MR) is 90.5 cm³/mol. The van der Waals surface area contributed by atoms with E-state index in [0.717, 1.165) is 24.1 Å². The molecule has 2 aromatic carbocycles. The van der Waals surface area contributed by atoms with Gasteiger partial charge in [0.15, 0.2) is 6.61 Å². The van der Waals surface area contributed by atoms with Gasteiger partial charge in [-0.1, -0.05) is 30.3 Å². The summed E-state index contributed by atoms with van der Waals surface area (Å²) in [5.41, 5.74) is 1.72. The van der Waals surface area contributed by atoms with Crippen LogP contribution in [-0.2, 0) is 16.0 Å². The average Bonchev–Trinajstić information content (AvgIpc) is 2.65. The molecule has 2 aromatic rings. The van der Waals surface area contributed by atoms with E-state index in [1.54, 1.807) is 4.90 Å². The van der Waals surface area contributed by atoms with Crippen molar-refractivity contribution in [1.29, 1.82) is 0 Å². The molecule has 7 heteroatoms. The number of hydrogen-bond acceptors (Lipinski definition) is 4. The molecule has 1 aliphatic rings. The molecule has 0 fully saturated rings. The highest BCUT2D eigenvalue weighted by Crippen LogP contribution is 2.27. The second kappa shape index (κ2) is 7.95. The van der Waals surface area contributed by atoms with Gasteiger partial charge in [0.2, 0.25) is 0 Å². The van der Waals surface area contributed by atoms with Crippen molar-refractivity contribution in [3.05, 3.63) is 59.7 Å². The lowest BCUT2D eigenvalue weighted by Crippen LogP contribution is -2.38. The van der Waals surface area contributed by atoms with Crippen LogP contribution < -0.4 is 9.64 Å². The van der Waals surface area contributed by atoms with Gasteiger partial charge < -0.3 is 14.4 Å². The van der Waals surface area contributed by atoms with E-state index < -0.39 is 19.2 Å². The van der Waals surface area contributed by atoms with Gasteiger partial charge in [-0.25, -0.2) is 4.79 Å². The van der Waals surface area contributed by atoms with Gasteiger partial charge in [0.1, 0.15) is 11.3 Å². The molecule has 1 amide bonds. The topological polar surface area (TPSA) is 55.8 Å². The fourth-order valence-corrected chi connectivity index (χ4v) is 2.91. The van der Waals surface area contributed by atoms with Crippen molar-refractivity contribution in [3.63, 3.8) is 0 Å². The normalized spacial score (nSPS) is 13.3.